The first-order valence-electron chi connectivity index (χ1n) is 10.6. The van der Waals surface area contributed by atoms with Crippen LogP contribution in [0.3, 0.4) is 0 Å². The van der Waals surface area contributed by atoms with Crippen LogP contribution in [0, 0.1) is 5.82 Å². The standard InChI is InChI=1S/C22H18F4N6O5/c23-11-1-4-15(14(7-11)22(24,25)26)30-13-3-2-12(27-9-13)8-28-18(34)21(5-6-21)32-17(33)16-10-29-19(37-16)31-20(35)36/h1-4,7,9-10,30H,5-6,8H2,(H,28,34)(H,29,31)(H,32,33)(H,35,36). The predicted octanol–water partition coefficient (Wildman–Crippen LogP) is 3.64. The maximum absolute atomic E-state index is 13.3. The summed E-state index contributed by atoms with van der Waals surface area (Å²) in [5.41, 5.74) is -2.10. The summed E-state index contributed by atoms with van der Waals surface area (Å²) >= 11 is 0. The first-order chi connectivity index (χ1) is 17.4. The quantitative estimate of drug-likeness (QED) is 0.281. The van der Waals surface area contributed by atoms with Gasteiger partial charge >= 0.3 is 18.3 Å². The second kappa shape index (κ2) is 9.75. The second-order valence-corrected chi connectivity index (χ2v) is 8.03. The van der Waals surface area contributed by atoms with E-state index in [1.807, 2.05) is 5.32 Å². The Balaban J connectivity index is 1.33. The largest absolute Gasteiger partial charge is 0.465 e. The van der Waals surface area contributed by atoms with Crippen molar-refractivity contribution in [1.29, 1.82) is 0 Å². The normalized spacial score (nSPS) is 13.9. The van der Waals surface area contributed by atoms with Gasteiger partial charge in [0.05, 0.1) is 41.6 Å². The van der Waals surface area contributed by atoms with Crippen LogP contribution in [-0.2, 0) is 17.5 Å². The van der Waals surface area contributed by atoms with Crippen molar-refractivity contribution in [2.45, 2.75) is 31.1 Å². The third kappa shape index (κ3) is 6.12. The van der Waals surface area contributed by atoms with Crippen molar-refractivity contribution < 1.29 is 41.5 Å². The van der Waals surface area contributed by atoms with Crippen molar-refractivity contribution in [3.05, 3.63) is 65.6 Å². The number of alkyl halides is 3. The lowest BCUT2D eigenvalue weighted by Crippen LogP contribution is -2.48. The molecule has 37 heavy (non-hydrogen) atoms. The Morgan fingerprint density at radius 1 is 1.08 bits per heavy atom. The van der Waals surface area contributed by atoms with Crippen LogP contribution in [0.5, 0.6) is 0 Å². The molecule has 1 aliphatic carbocycles. The molecule has 1 aromatic carbocycles. The zero-order chi connectivity index (χ0) is 26.8. The van der Waals surface area contributed by atoms with Crippen molar-refractivity contribution in [3.63, 3.8) is 0 Å². The van der Waals surface area contributed by atoms with Gasteiger partial charge in [-0.15, -0.1) is 0 Å². The number of halogens is 4. The number of nitrogens with zero attached hydrogens (tertiary/aromatic N) is 2. The molecule has 0 saturated heterocycles. The lowest BCUT2D eigenvalue weighted by atomic mass is 10.1. The van der Waals surface area contributed by atoms with E-state index in [-0.39, 0.29) is 23.7 Å². The topological polar surface area (TPSA) is 158 Å². The number of oxazole rings is 1. The van der Waals surface area contributed by atoms with Gasteiger partial charge in [0.2, 0.25) is 11.7 Å². The molecule has 1 fully saturated rings. The lowest BCUT2D eigenvalue weighted by Gasteiger charge is -2.16. The minimum absolute atomic E-state index is 0.0317. The molecular formula is C22H18F4N6O5. The second-order valence-electron chi connectivity index (χ2n) is 8.03. The molecule has 15 heteroatoms. The summed E-state index contributed by atoms with van der Waals surface area (Å²) < 4.78 is 57.8. The van der Waals surface area contributed by atoms with Gasteiger partial charge < -0.3 is 25.5 Å². The van der Waals surface area contributed by atoms with E-state index in [0.717, 1.165) is 18.3 Å². The number of hydrogen-bond donors (Lipinski definition) is 5. The van der Waals surface area contributed by atoms with E-state index in [0.29, 0.717) is 24.6 Å². The van der Waals surface area contributed by atoms with Gasteiger partial charge in [0.25, 0.3) is 5.91 Å². The molecule has 0 bridgehead atoms. The van der Waals surface area contributed by atoms with Crippen LogP contribution in [0.1, 0.15) is 34.7 Å². The highest BCUT2D eigenvalue weighted by atomic mass is 19.4. The van der Waals surface area contributed by atoms with Crippen molar-refractivity contribution in [2.75, 3.05) is 10.6 Å². The monoisotopic (exact) mass is 522 g/mol. The highest BCUT2D eigenvalue weighted by molar-refractivity contribution is 5.99. The molecule has 1 aliphatic rings. The van der Waals surface area contributed by atoms with Gasteiger partial charge in [-0.25, -0.2) is 19.5 Å². The van der Waals surface area contributed by atoms with Crippen molar-refractivity contribution >= 4 is 35.3 Å². The van der Waals surface area contributed by atoms with Crippen molar-refractivity contribution in [3.8, 4) is 0 Å². The maximum atomic E-state index is 13.3. The van der Waals surface area contributed by atoms with Gasteiger partial charge in [-0.3, -0.25) is 14.6 Å². The Morgan fingerprint density at radius 2 is 1.84 bits per heavy atom. The average molecular weight is 522 g/mol. The number of carbonyl (C=O) groups is 3. The fourth-order valence-corrected chi connectivity index (χ4v) is 3.30. The Kier molecular flexibility index (Phi) is 6.70. The Bertz CT molecular complexity index is 1340. The number of benzene rings is 1. The van der Waals surface area contributed by atoms with Crippen LogP contribution < -0.4 is 21.3 Å². The van der Waals surface area contributed by atoms with Crippen molar-refractivity contribution in [2.24, 2.45) is 0 Å². The Morgan fingerprint density at radius 3 is 2.46 bits per heavy atom. The van der Waals surface area contributed by atoms with Crippen LogP contribution in [-0.4, -0.2) is 38.5 Å². The number of anilines is 3. The van der Waals surface area contributed by atoms with Gasteiger partial charge in [0.15, 0.2) is 0 Å². The number of rotatable bonds is 8. The summed E-state index contributed by atoms with van der Waals surface area (Å²) in [6.07, 6.45) is -3.21. The molecular weight excluding hydrogens is 504 g/mol. The average Bonchev–Trinajstić information content (AvgIpc) is 3.46. The fourth-order valence-electron chi connectivity index (χ4n) is 3.30. The molecule has 0 unspecified atom stereocenters. The van der Waals surface area contributed by atoms with E-state index in [2.05, 4.69) is 25.9 Å². The zero-order valence-corrected chi connectivity index (χ0v) is 18.6. The van der Waals surface area contributed by atoms with E-state index in [1.54, 1.807) is 0 Å². The molecule has 0 atom stereocenters. The summed E-state index contributed by atoms with van der Waals surface area (Å²) in [6.45, 7) is -0.0317. The molecule has 0 aliphatic heterocycles. The van der Waals surface area contributed by atoms with Crippen LogP contribution >= 0.6 is 0 Å². The summed E-state index contributed by atoms with van der Waals surface area (Å²) in [5.74, 6) is -2.56. The number of amides is 3. The predicted molar refractivity (Wildman–Crippen MR) is 118 cm³/mol. The van der Waals surface area contributed by atoms with E-state index in [9.17, 15) is 31.9 Å². The minimum atomic E-state index is -4.76. The summed E-state index contributed by atoms with van der Waals surface area (Å²) in [6, 6.07) is 4.78. The molecule has 1 saturated carbocycles. The number of carbonyl (C=O) groups excluding carboxylic acids is 2. The van der Waals surface area contributed by atoms with Gasteiger partial charge in [-0.05, 0) is 43.2 Å². The van der Waals surface area contributed by atoms with Gasteiger partial charge in [-0.2, -0.15) is 13.2 Å². The molecule has 0 radical (unpaired) electrons. The molecule has 11 nitrogen and oxygen atoms in total. The first-order valence-corrected chi connectivity index (χ1v) is 10.6. The smallest absolute Gasteiger partial charge is 0.418 e. The van der Waals surface area contributed by atoms with Crippen LogP contribution in [0.4, 0.5) is 39.7 Å². The van der Waals surface area contributed by atoms with Gasteiger partial charge in [0.1, 0.15) is 11.4 Å². The van der Waals surface area contributed by atoms with Crippen LogP contribution in [0.15, 0.2) is 47.1 Å². The highest BCUT2D eigenvalue weighted by Crippen LogP contribution is 2.37. The van der Waals surface area contributed by atoms with E-state index in [1.165, 1.54) is 18.3 Å². The fraction of sp³-hybridized carbons (Fsp3) is 0.227. The first kappa shape index (κ1) is 25.4. The molecule has 5 N–H and O–H groups in total. The number of hydrogen-bond acceptors (Lipinski definition) is 7. The maximum Gasteiger partial charge on any atom is 0.418 e. The molecule has 3 aromatic rings. The van der Waals surface area contributed by atoms with E-state index in [4.69, 9.17) is 9.52 Å². The van der Waals surface area contributed by atoms with Gasteiger partial charge in [0, 0.05) is 0 Å². The SMILES string of the molecule is O=C(O)Nc1ncc(C(=O)NC2(C(=O)NCc3ccc(Nc4ccc(F)cc4C(F)(F)F)cn3)CC2)o1. The number of nitrogens with one attached hydrogen (secondary N) is 4. The van der Waals surface area contributed by atoms with Crippen LogP contribution in [0.2, 0.25) is 0 Å². The van der Waals surface area contributed by atoms with E-state index >= 15 is 0 Å². The minimum Gasteiger partial charge on any atom is -0.465 e. The van der Waals surface area contributed by atoms with Crippen LogP contribution in [0.25, 0.3) is 0 Å². The van der Waals surface area contributed by atoms with Gasteiger partial charge in [-0.1, -0.05) is 0 Å². The molecule has 2 aromatic heterocycles. The Labute approximate surface area is 205 Å². The van der Waals surface area contributed by atoms with E-state index < -0.39 is 47.0 Å². The summed E-state index contributed by atoms with van der Waals surface area (Å²) in [5, 5.41) is 18.2. The number of pyridine rings is 1. The third-order valence-corrected chi connectivity index (χ3v) is 5.30. The lowest BCUT2D eigenvalue weighted by molar-refractivity contribution is -0.137. The molecule has 3 amide bonds. The zero-order valence-electron chi connectivity index (χ0n) is 18.6. The summed E-state index contributed by atoms with van der Waals surface area (Å²) in [7, 11) is 0. The Hall–Kier alpha value is -4.69. The molecule has 194 valence electrons. The molecule has 0 spiro atoms. The molecule has 4 rings (SSSR count). The highest BCUT2D eigenvalue weighted by Gasteiger charge is 2.51. The number of carboxylic acid groups (broad SMARTS) is 1. The van der Waals surface area contributed by atoms with Crippen molar-refractivity contribution in [1.82, 2.24) is 20.6 Å². The number of aromatic nitrogens is 2. The summed E-state index contributed by atoms with van der Waals surface area (Å²) in [4.78, 5) is 43.3. The molecule has 2 heterocycles. The third-order valence-electron chi connectivity index (χ3n) is 5.30.